The molecule has 1 fully saturated rings. The fourth-order valence-electron chi connectivity index (χ4n) is 1.93. The first-order chi connectivity index (χ1) is 8.47. The van der Waals surface area contributed by atoms with E-state index in [9.17, 15) is 15.0 Å². The molecule has 100 valence electrons. The highest BCUT2D eigenvalue weighted by molar-refractivity contribution is 5.95. The van der Waals surface area contributed by atoms with Gasteiger partial charge in [0.15, 0.2) is 17.7 Å². The minimum Gasteiger partial charge on any atom is -0.394 e. The SMILES string of the molecule is NC(=O)c1c(N)ncn1[C@H]1O[C@@H](CO)[C@@H](O)[C@H]1O. The summed E-state index contributed by atoms with van der Waals surface area (Å²) in [6, 6.07) is 0. The van der Waals surface area contributed by atoms with Crippen molar-refractivity contribution in [2.24, 2.45) is 5.73 Å². The number of rotatable bonds is 3. The molecule has 0 spiro atoms. The number of anilines is 1. The quantitative estimate of drug-likeness (QED) is 0.391. The summed E-state index contributed by atoms with van der Waals surface area (Å²) in [5.41, 5.74) is 10.5. The second kappa shape index (κ2) is 4.53. The molecule has 4 atom stereocenters. The molecule has 0 aromatic carbocycles. The van der Waals surface area contributed by atoms with Gasteiger partial charge in [0.05, 0.1) is 12.9 Å². The number of amides is 1. The highest BCUT2D eigenvalue weighted by Gasteiger charge is 2.44. The third-order valence-electron chi connectivity index (χ3n) is 2.85. The molecule has 0 aliphatic carbocycles. The number of ether oxygens (including phenoxy) is 1. The van der Waals surface area contributed by atoms with Crippen molar-refractivity contribution < 1.29 is 24.9 Å². The Morgan fingerprint density at radius 3 is 2.67 bits per heavy atom. The van der Waals surface area contributed by atoms with Crippen LogP contribution < -0.4 is 11.5 Å². The summed E-state index contributed by atoms with van der Waals surface area (Å²) in [6.45, 7) is -0.467. The average Bonchev–Trinajstić information content (AvgIpc) is 2.82. The number of imidazole rings is 1. The van der Waals surface area contributed by atoms with Crippen LogP contribution in [0.5, 0.6) is 0 Å². The molecule has 1 saturated heterocycles. The summed E-state index contributed by atoms with van der Waals surface area (Å²) in [5.74, 6) is -0.928. The predicted octanol–water partition coefficient (Wildman–Crippen LogP) is -2.82. The molecule has 0 saturated carbocycles. The molecule has 1 aromatic rings. The Morgan fingerprint density at radius 2 is 2.17 bits per heavy atom. The van der Waals surface area contributed by atoms with Gasteiger partial charge < -0.3 is 31.5 Å². The summed E-state index contributed by atoms with van der Waals surface area (Å²) >= 11 is 0. The van der Waals surface area contributed by atoms with Crippen LogP contribution in [0.25, 0.3) is 0 Å². The predicted molar refractivity (Wildman–Crippen MR) is 58.2 cm³/mol. The maximum Gasteiger partial charge on any atom is 0.269 e. The number of nitrogens with two attached hydrogens (primary N) is 2. The lowest BCUT2D eigenvalue weighted by Gasteiger charge is -2.17. The van der Waals surface area contributed by atoms with Gasteiger partial charge in [0.1, 0.15) is 18.3 Å². The molecular formula is C9H14N4O5. The topological polar surface area (TPSA) is 157 Å². The van der Waals surface area contributed by atoms with Gasteiger partial charge in [-0.15, -0.1) is 0 Å². The van der Waals surface area contributed by atoms with Crippen LogP contribution in [0.15, 0.2) is 6.33 Å². The number of nitrogen functional groups attached to an aromatic ring is 1. The Hall–Kier alpha value is -1.68. The molecule has 2 rings (SSSR count). The van der Waals surface area contributed by atoms with Gasteiger partial charge in [-0.2, -0.15) is 0 Å². The van der Waals surface area contributed by atoms with Crippen LogP contribution in [0.3, 0.4) is 0 Å². The Morgan fingerprint density at radius 1 is 1.50 bits per heavy atom. The van der Waals surface area contributed by atoms with Crippen LogP contribution in [-0.2, 0) is 4.74 Å². The average molecular weight is 258 g/mol. The largest absolute Gasteiger partial charge is 0.394 e. The molecule has 1 aliphatic rings. The summed E-state index contributed by atoms with van der Waals surface area (Å²) in [6.07, 6.45) is -3.45. The molecule has 9 nitrogen and oxygen atoms in total. The van der Waals surface area contributed by atoms with E-state index in [1.54, 1.807) is 0 Å². The van der Waals surface area contributed by atoms with Gasteiger partial charge in [0.2, 0.25) is 0 Å². The van der Waals surface area contributed by atoms with Crippen LogP contribution in [0.4, 0.5) is 5.82 Å². The smallest absolute Gasteiger partial charge is 0.269 e. The number of aliphatic hydroxyl groups excluding tert-OH is 3. The minimum atomic E-state index is -1.33. The zero-order chi connectivity index (χ0) is 13.4. The molecule has 0 radical (unpaired) electrons. The lowest BCUT2D eigenvalue weighted by Crippen LogP contribution is -2.33. The van der Waals surface area contributed by atoms with Crippen LogP contribution in [0.2, 0.25) is 0 Å². The third-order valence-corrected chi connectivity index (χ3v) is 2.85. The first kappa shape index (κ1) is 12.8. The highest BCUT2D eigenvalue weighted by Crippen LogP contribution is 2.31. The first-order valence-electron chi connectivity index (χ1n) is 5.22. The fourth-order valence-corrected chi connectivity index (χ4v) is 1.93. The summed E-state index contributed by atoms with van der Waals surface area (Å²) in [4.78, 5) is 14.9. The Kier molecular flexibility index (Phi) is 3.22. The van der Waals surface area contributed by atoms with E-state index in [1.807, 2.05) is 0 Å². The van der Waals surface area contributed by atoms with Crippen LogP contribution in [-0.4, -0.2) is 55.7 Å². The lowest BCUT2D eigenvalue weighted by molar-refractivity contribution is -0.0534. The fraction of sp³-hybridized carbons (Fsp3) is 0.556. The van der Waals surface area contributed by atoms with Crippen molar-refractivity contribution in [3.63, 3.8) is 0 Å². The van der Waals surface area contributed by atoms with E-state index in [4.69, 9.17) is 21.3 Å². The molecule has 1 aliphatic heterocycles. The molecule has 1 amide bonds. The summed E-state index contributed by atoms with van der Waals surface area (Å²) in [5, 5.41) is 28.4. The van der Waals surface area contributed by atoms with E-state index in [2.05, 4.69) is 4.98 Å². The number of primary amides is 1. The summed E-state index contributed by atoms with van der Waals surface area (Å²) in [7, 11) is 0. The molecule has 9 heteroatoms. The zero-order valence-electron chi connectivity index (χ0n) is 9.30. The molecule has 2 heterocycles. The van der Waals surface area contributed by atoms with Crippen molar-refractivity contribution in [3.05, 3.63) is 12.0 Å². The number of hydrogen-bond acceptors (Lipinski definition) is 7. The van der Waals surface area contributed by atoms with E-state index in [0.717, 1.165) is 4.57 Å². The zero-order valence-corrected chi connectivity index (χ0v) is 9.30. The maximum absolute atomic E-state index is 11.2. The van der Waals surface area contributed by atoms with Crippen molar-refractivity contribution >= 4 is 11.7 Å². The van der Waals surface area contributed by atoms with Crippen LogP contribution in [0.1, 0.15) is 16.7 Å². The second-order valence-electron chi connectivity index (χ2n) is 3.98. The third kappa shape index (κ3) is 1.82. The number of aliphatic hydroxyl groups is 3. The Labute approximate surface area is 102 Å². The number of nitrogens with zero attached hydrogens (tertiary/aromatic N) is 2. The van der Waals surface area contributed by atoms with E-state index < -0.39 is 37.1 Å². The van der Waals surface area contributed by atoms with Gasteiger partial charge >= 0.3 is 0 Å². The monoisotopic (exact) mass is 258 g/mol. The van der Waals surface area contributed by atoms with E-state index in [1.165, 1.54) is 6.33 Å². The van der Waals surface area contributed by atoms with Crippen LogP contribution >= 0.6 is 0 Å². The van der Waals surface area contributed by atoms with Gasteiger partial charge in [-0.1, -0.05) is 0 Å². The van der Waals surface area contributed by atoms with Crippen molar-refractivity contribution in [1.82, 2.24) is 9.55 Å². The van der Waals surface area contributed by atoms with E-state index >= 15 is 0 Å². The molecule has 1 aromatic heterocycles. The van der Waals surface area contributed by atoms with Gasteiger partial charge in [0.25, 0.3) is 5.91 Å². The normalized spacial score (nSPS) is 31.7. The van der Waals surface area contributed by atoms with E-state index in [-0.39, 0.29) is 11.5 Å². The molecule has 0 bridgehead atoms. The first-order valence-corrected chi connectivity index (χ1v) is 5.22. The summed E-state index contributed by atoms with van der Waals surface area (Å²) < 4.78 is 6.38. The maximum atomic E-state index is 11.2. The molecule has 7 N–H and O–H groups in total. The molecular weight excluding hydrogens is 244 g/mol. The number of carbonyl (C=O) groups excluding carboxylic acids is 1. The van der Waals surface area contributed by atoms with Crippen molar-refractivity contribution in [3.8, 4) is 0 Å². The Balaban J connectivity index is 2.36. The van der Waals surface area contributed by atoms with Gasteiger partial charge in [0, 0.05) is 0 Å². The van der Waals surface area contributed by atoms with Gasteiger partial charge in [-0.3, -0.25) is 9.36 Å². The number of carbonyl (C=O) groups is 1. The second-order valence-corrected chi connectivity index (χ2v) is 3.98. The highest BCUT2D eigenvalue weighted by atomic mass is 16.6. The van der Waals surface area contributed by atoms with Gasteiger partial charge in [-0.05, 0) is 0 Å². The van der Waals surface area contributed by atoms with Crippen molar-refractivity contribution in [2.75, 3.05) is 12.3 Å². The number of aromatic nitrogens is 2. The lowest BCUT2D eigenvalue weighted by atomic mass is 10.1. The van der Waals surface area contributed by atoms with E-state index in [0.29, 0.717) is 0 Å². The van der Waals surface area contributed by atoms with Crippen molar-refractivity contribution in [1.29, 1.82) is 0 Å². The van der Waals surface area contributed by atoms with Gasteiger partial charge in [-0.25, -0.2) is 4.98 Å². The minimum absolute atomic E-state index is 0.0970. The number of hydrogen-bond donors (Lipinski definition) is 5. The van der Waals surface area contributed by atoms with Crippen molar-refractivity contribution in [2.45, 2.75) is 24.5 Å². The van der Waals surface area contributed by atoms with Crippen LogP contribution in [0, 0.1) is 0 Å². The standard InChI is InChI=1S/C9H14N4O5/c10-7-4(8(11)17)13(2-12-7)9-6(16)5(15)3(1-14)18-9/h2-3,5-6,9,14-16H,1,10H2,(H2,11,17)/t3-,5+,6+,9-/m0/s1. The molecule has 0 unspecified atom stereocenters. The molecule has 18 heavy (non-hydrogen) atoms. The Bertz CT molecular complexity index is 462.